The molecule has 0 saturated heterocycles. The van der Waals surface area contributed by atoms with Crippen LogP contribution in [0.2, 0.25) is 0 Å². The van der Waals surface area contributed by atoms with E-state index >= 15 is 0 Å². The minimum atomic E-state index is -1.27. The zero-order valence-electron chi connectivity index (χ0n) is 31.2. The number of carbonyl (C=O) groups is 12. The van der Waals surface area contributed by atoms with Crippen molar-refractivity contribution in [1.29, 1.82) is 0 Å². The number of ether oxygens (including phenoxy) is 5. The van der Waals surface area contributed by atoms with Gasteiger partial charge in [0.15, 0.2) is 0 Å². The maximum Gasteiger partial charge on any atom is 0.381 e. The van der Waals surface area contributed by atoms with Crippen LogP contribution in [-0.2, 0) is 81.2 Å². The lowest BCUT2D eigenvalue weighted by atomic mass is 10.1. The van der Waals surface area contributed by atoms with E-state index in [4.69, 9.17) is 34.6 Å². The van der Waals surface area contributed by atoms with Crippen molar-refractivity contribution in [3.63, 3.8) is 0 Å². The number of aliphatic hydroxyl groups excluding tert-OH is 1. The van der Waals surface area contributed by atoms with Crippen LogP contribution in [0.15, 0.2) is 0 Å². The Bertz CT molecular complexity index is 1320. The second-order valence-electron chi connectivity index (χ2n) is 11.7. The standard InChI is InChI=1S/C17H24O10.C10H18O5.C7H8O6/c1-10(8-25-14(21)5-4-13(19)20)6-15(22)26-9-11(2)7-16(23)27-17(24)12(3)18;11-7-3-1-6-10(14)15-8-4-2-5-9(12)13;1-4(8)7(12)13-6(11)3-2-5(9)10/h10-11H,4-9H2,1-3H3,(H,19,20);11H,1-8H2,(H,12,13);2-3H2,1H3,(H,9,10). The lowest BCUT2D eigenvalue weighted by Gasteiger charge is -2.14. The predicted octanol–water partition coefficient (Wildman–Crippen LogP) is 1.11. The van der Waals surface area contributed by atoms with Crippen molar-refractivity contribution in [3.05, 3.63) is 0 Å². The Balaban J connectivity index is -0.000000813. The third kappa shape index (κ3) is 39.4. The van der Waals surface area contributed by atoms with E-state index in [-0.39, 0.29) is 70.4 Å². The maximum atomic E-state index is 11.7. The van der Waals surface area contributed by atoms with Crippen molar-refractivity contribution in [2.75, 3.05) is 26.4 Å². The molecule has 2 atom stereocenters. The SMILES string of the molecule is CC(=O)C(=O)OC(=O)CC(C)COC(=O)CC(C)COC(=O)CCC(=O)O.CC(=O)C(=O)OC(=O)CCC(=O)O.O=C(O)CCCCOC(=O)CCCCO. The van der Waals surface area contributed by atoms with Crippen LogP contribution in [0.3, 0.4) is 0 Å². The van der Waals surface area contributed by atoms with Gasteiger partial charge in [0.1, 0.15) is 0 Å². The zero-order chi connectivity index (χ0) is 42.9. The number of hydrogen-bond donors (Lipinski definition) is 4. The molecule has 0 radical (unpaired) electrons. The van der Waals surface area contributed by atoms with Gasteiger partial charge in [0.2, 0.25) is 11.6 Å². The molecule has 0 aliphatic heterocycles. The van der Waals surface area contributed by atoms with E-state index in [1.165, 1.54) is 0 Å². The molecule has 2 unspecified atom stereocenters. The topological polar surface area (TPSA) is 332 Å². The van der Waals surface area contributed by atoms with Crippen molar-refractivity contribution in [2.45, 2.75) is 105 Å². The Morgan fingerprint density at radius 2 is 0.855 bits per heavy atom. The molecular weight excluding hydrogens is 744 g/mol. The van der Waals surface area contributed by atoms with E-state index in [0.717, 1.165) is 13.8 Å². The first kappa shape index (κ1) is 53.8. The van der Waals surface area contributed by atoms with E-state index in [1.807, 2.05) is 0 Å². The molecule has 0 saturated carbocycles. The number of carbonyl (C=O) groups excluding carboxylic acids is 9. The van der Waals surface area contributed by atoms with Crippen molar-refractivity contribution in [3.8, 4) is 0 Å². The molecular formula is C34H50O21. The quantitative estimate of drug-likeness (QED) is 0.0330. The van der Waals surface area contributed by atoms with Crippen LogP contribution in [0, 0.1) is 11.8 Å². The number of aliphatic carboxylic acids is 3. The highest BCUT2D eigenvalue weighted by atomic mass is 16.6. The molecule has 0 aromatic heterocycles. The number of ketones is 2. The van der Waals surface area contributed by atoms with Crippen LogP contribution in [0.1, 0.15) is 105 Å². The van der Waals surface area contributed by atoms with Gasteiger partial charge in [-0.25, -0.2) is 9.59 Å². The Morgan fingerprint density at radius 3 is 1.31 bits per heavy atom. The third-order valence-electron chi connectivity index (χ3n) is 6.00. The summed E-state index contributed by atoms with van der Waals surface area (Å²) >= 11 is 0. The van der Waals surface area contributed by atoms with Gasteiger partial charge in [-0.2, -0.15) is 0 Å². The molecule has 0 aromatic carbocycles. The number of Topliss-reactive ketones (excluding diaryl/α,β-unsaturated/α-hetero) is 2. The molecule has 0 aliphatic rings. The summed E-state index contributed by atoms with van der Waals surface area (Å²) in [6.07, 6.45) is 1.12. The molecule has 4 N–H and O–H groups in total. The van der Waals surface area contributed by atoms with Gasteiger partial charge < -0.3 is 44.1 Å². The largest absolute Gasteiger partial charge is 0.481 e. The first-order valence-corrected chi connectivity index (χ1v) is 16.8. The monoisotopic (exact) mass is 794 g/mol. The second-order valence-corrected chi connectivity index (χ2v) is 11.7. The highest BCUT2D eigenvalue weighted by molar-refractivity contribution is 6.34. The molecule has 55 heavy (non-hydrogen) atoms. The second kappa shape index (κ2) is 33.0. The molecule has 21 nitrogen and oxygen atoms in total. The molecule has 21 heteroatoms. The van der Waals surface area contributed by atoms with E-state index in [1.54, 1.807) is 13.8 Å². The Kier molecular flexibility index (Phi) is 32.3. The molecule has 0 heterocycles. The van der Waals surface area contributed by atoms with E-state index in [9.17, 15) is 57.5 Å². The fraction of sp³-hybridized carbons (Fsp3) is 0.647. The zero-order valence-corrected chi connectivity index (χ0v) is 31.2. The number of carboxylic acid groups (broad SMARTS) is 3. The van der Waals surface area contributed by atoms with Crippen LogP contribution >= 0.6 is 0 Å². The Hall–Kier alpha value is -5.60. The molecule has 312 valence electrons. The fourth-order valence-electron chi connectivity index (χ4n) is 3.17. The summed E-state index contributed by atoms with van der Waals surface area (Å²) < 4.78 is 23.0. The summed E-state index contributed by atoms with van der Waals surface area (Å²) in [6, 6.07) is 0. The highest BCUT2D eigenvalue weighted by Crippen LogP contribution is 2.09. The highest BCUT2D eigenvalue weighted by Gasteiger charge is 2.20. The van der Waals surface area contributed by atoms with Crippen molar-refractivity contribution < 1.29 is 102 Å². The minimum absolute atomic E-state index is 0.0355. The van der Waals surface area contributed by atoms with Gasteiger partial charge in [-0.05, 0) is 25.7 Å². The molecule has 0 bridgehead atoms. The normalized spacial score (nSPS) is 10.9. The Labute approximate surface area is 315 Å². The van der Waals surface area contributed by atoms with E-state index in [2.05, 4.69) is 9.47 Å². The fourth-order valence-corrected chi connectivity index (χ4v) is 3.17. The van der Waals surface area contributed by atoms with Crippen molar-refractivity contribution in [2.24, 2.45) is 11.8 Å². The molecule has 0 amide bonds. The summed E-state index contributed by atoms with van der Waals surface area (Å²) in [7, 11) is 0. The maximum absolute atomic E-state index is 11.7. The van der Waals surface area contributed by atoms with E-state index in [0.29, 0.717) is 32.1 Å². The number of aliphatic hydroxyl groups is 1. The van der Waals surface area contributed by atoms with E-state index < -0.39 is 84.0 Å². The molecule has 0 aliphatic carbocycles. The molecule has 0 rings (SSSR count). The van der Waals surface area contributed by atoms with Crippen LogP contribution in [0.5, 0.6) is 0 Å². The van der Waals surface area contributed by atoms with Gasteiger partial charge in [0.05, 0.1) is 58.3 Å². The van der Waals surface area contributed by atoms with Crippen LogP contribution in [-0.4, -0.2) is 118 Å². The van der Waals surface area contributed by atoms with Gasteiger partial charge >= 0.3 is 59.7 Å². The first-order chi connectivity index (χ1) is 25.6. The number of rotatable bonds is 25. The lowest BCUT2D eigenvalue weighted by Crippen LogP contribution is -2.22. The average molecular weight is 795 g/mol. The molecule has 0 aromatic rings. The van der Waals surface area contributed by atoms with Crippen molar-refractivity contribution in [1.82, 2.24) is 0 Å². The van der Waals surface area contributed by atoms with Crippen LogP contribution in [0.25, 0.3) is 0 Å². The van der Waals surface area contributed by atoms with Crippen LogP contribution < -0.4 is 0 Å². The summed E-state index contributed by atoms with van der Waals surface area (Å²) in [5.41, 5.74) is 0. The predicted molar refractivity (Wildman–Crippen MR) is 180 cm³/mol. The number of hydrogen-bond acceptors (Lipinski definition) is 18. The van der Waals surface area contributed by atoms with Crippen molar-refractivity contribution >= 4 is 71.3 Å². The lowest BCUT2D eigenvalue weighted by molar-refractivity contribution is -0.165. The van der Waals surface area contributed by atoms with Gasteiger partial charge in [-0.3, -0.25) is 47.9 Å². The van der Waals surface area contributed by atoms with Gasteiger partial charge in [0, 0.05) is 45.1 Å². The minimum Gasteiger partial charge on any atom is -0.481 e. The molecule has 0 fully saturated rings. The number of carboxylic acids is 3. The smallest absolute Gasteiger partial charge is 0.381 e. The van der Waals surface area contributed by atoms with Crippen LogP contribution in [0.4, 0.5) is 0 Å². The Morgan fingerprint density at radius 1 is 0.455 bits per heavy atom. The summed E-state index contributed by atoms with van der Waals surface area (Å²) in [5.74, 6) is -11.6. The summed E-state index contributed by atoms with van der Waals surface area (Å²) in [4.78, 5) is 129. The summed E-state index contributed by atoms with van der Waals surface area (Å²) in [6.45, 7) is 5.41. The van der Waals surface area contributed by atoms with Gasteiger partial charge in [0.25, 0.3) is 0 Å². The molecule has 0 spiro atoms. The van der Waals surface area contributed by atoms with Gasteiger partial charge in [-0.1, -0.05) is 13.8 Å². The summed E-state index contributed by atoms with van der Waals surface area (Å²) in [5, 5.41) is 33.4. The number of esters is 7. The first-order valence-electron chi connectivity index (χ1n) is 16.8. The number of unbranched alkanes of at least 4 members (excludes halogenated alkanes) is 2. The van der Waals surface area contributed by atoms with Gasteiger partial charge in [-0.15, -0.1) is 0 Å². The average Bonchev–Trinajstić information content (AvgIpc) is 3.08. The third-order valence-corrected chi connectivity index (χ3v) is 6.00.